The monoisotopic (exact) mass is 297 g/mol. The smallest absolute Gasteiger partial charge is 0.243 e. The van der Waals surface area contributed by atoms with E-state index in [4.69, 9.17) is 9.47 Å². The average Bonchev–Trinajstić information content (AvgIpc) is 2.44. The molecule has 0 aromatic heterocycles. The van der Waals surface area contributed by atoms with E-state index < -0.39 is 0 Å². The molecular weight excluding hydrogens is 266 g/mol. The zero-order valence-corrected chi connectivity index (χ0v) is 13.8. The lowest BCUT2D eigenvalue weighted by molar-refractivity contribution is -0.190. The van der Waals surface area contributed by atoms with Gasteiger partial charge >= 0.3 is 0 Å². The third-order valence-electron chi connectivity index (χ3n) is 3.45. The van der Waals surface area contributed by atoms with Crippen molar-refractivity contribution in [1.29, 1.82) is 0 Å². The second kappa shape index (κ2) is 10.8. The first kappa shape index (κ1) is 18.2. The summed E-state index contributed by atoms with van der Waals surface area (Å²) < 4.78 is 11.7. The molecule has 4 heteroatoms. The number of hydrogen-bond acceptors (Lipinski definition) is 3. The third-order valence-corrected chi connectivity index (χ3v) is 3.45. The third kappa shape index (κ3) is 8.89. The zero-order chi connectivity index (χ0) is 15.5. The number of carbonyl (C=O) groups excluding carboxylic acids is 1. The van der Waals surface area contributed by atoms with E-state index in [1.54, 1.807) is 6.08 Å². The van der Waals surface area contributed by atoms with E-state index in [1.165, 1.54) is 6.42 Å². The Labute approximate surface area is 129 Å². The van der Waals surface area contributed by atoms with Crippen LogP contribution in [0, 0.1) is 0 Å². The standard InChI is InChI=1S/C17H31NO3/c1-4-9-15(21-17-12-7-8-13-20-17)10-5-6-11-16(19)18-14(2)3/h6,11,14-15,17H,4-5,7-10,12-13H2,1-3H3,(H,18,19)/b11-6-. The molecule has 0 bridgehead atoms. The van der Waals surface area contributed by atoms with Crippen molar-refractivity contribution in [3.63, 3.8) is 0 Å². The van der Waals surface area contributed by atoms with Gasteiger partial charge in [-0.3, -0.25) is 4.79 Å². The molecule has 1 aliphatic rings. The van der Waals surface area contributed by atoms with Gasteiger partial charge in [0.05, 0.1) is 6.10 Å². The summed E-state index contributed by atoms with van der Waals surface area (Å²) in [5.41, 5.74) is 0. The van der Waals surface area contributed by atoms with E-state index in [0.29, 0.717) is 0 Å². The maximum Gasteiger partial charge on any atom is 0.243 e. The van der Waals surface area contributed by atoms with Crippen molar-refractivity contribution >= 4 is 5.91 Å². The fourth-order valence-corrected chi connectivity index (χ4v) is 2.44. The van der Waals surface area contributed by atoms with Gasteiger partial charge in [0.15, 0.2) is 6.29 Å². The molecule has 1 rings (SSSR count). The van der Waals surface area contributed by atoms with Gasteiger partial charge in [-0.1, -0.05) is 19.4 Å². The molecule has 0 saturated carbocycles. The molecule has 0 aromatic carbocycles. The number of amides is 1. The Morgan fingerprint density at radius 3 is 2.81 bits per heavy atom. The minimum atomic E-state index is -0.0245. The van der Waals surface area contributed by atoms with Crippen LogP contribution in [0.3, 0.4) is 0 Å². The largest absolute Gasteiger partial charge is 0.353 e. The molecule has 1 saturated heterocycles. The molecule has 1 aliphatic heterocycles. The van der Waals surface area contributed by atoms with Gasteiger partial charge in [0.1, 0.15) is 0 Å². The second-order valence-corrected chi connectivity index (χ2v) is 5.99. The second-order valence-electron chi connectivity index (χ2n) is 5.99. The summed E-state index contributed by atoms with van der Waals surface area (Å²) in [5.74, 6) is -0.0198. The van der Waals surface area contributed by atoms with Gasteiger partial charge < -0.3 is 14.8 Å². The fourth-order valence-electron chi connectivity index (χ4n) is 2.44. The number of allylic oxidation sites excluding steroid dienone is 1. The Morgan fingerprint density at radius 1 is 1.38 bits per heavy atom. The van der Waals surface area contributed by atoms with Crippen molar-refractivity contribution in [3.8, 4) is 0 Å². The number of carbonyl (C=O) groups is 1. The van der Waals surface area contributed by atoms with Crippen LogP contribution in [0.25, 0.3) is 0 Å². The van der Waals surface area contributed by atoms with Gasteiger partial charge in [0.2, 0.25) is 5.91 Å². The van der Waals surface area contributed by atoms with Crippen LogP contribution in [0.1, 0.15) is 65.7 Å². The minimum Gasteiger partial charge on any atom is -0.353 e. The summed E-state index contributed by atoms with van der Waals surface area (Å²) in [4.78, 5) is 11.5. The SMILES string of the molecule is CCCC(CC/C=C\C(=O)NC(C)C)OC1CCCCO1. The first-order chi connectivity index (χ1) is 10.1. The number of hydrogen-bond donors (Lipinski definition) is 1. The molecule has 0 aliphatic carbocycles. The maximum absolute atomic E-state index is 11.5. The van der Waals surface area contributed by atoms with Crippen molar-refractivity contribution in [1.82, 2.24) is 5.32 Å². The lowest BCUT2D eigenvalue weighted by atomic mass is 10.1. The fraction of sp³-hybridized carbons (Fsp3) is 0.824. The summed E-state index contributed by atoms with van der Waals surface area (Å²) in [6, 6.07) is 0.182. The predicted octanol–water partition coefficient (Wildman–Crippen LogP) is 3.56. The molecule has 0 spiro atoms. The molecule has 4 nitrogen and oxygen atoms in total. The summed E-state index contributed by atoms with van der Waals surface area (Å²) in [7, 11) is 0. The van der Waals surface area contributed by atoms with Gasteiger partial charge in [-0.05, 0) is 58.4 Å². The van der Waals surface area contributed by atoms with Crippen LogP contribution >= 0.6 is 0 Å². The summed E-state index contributed by atoms with van der Waals surface area (Å²) in [5, 5.41) is 2.84. The molecular formula is C17H31NO3. The van der Waals surface area contributed by atoms with Crippen molar-refractivity contribution in [3.05, 3.63) is 12.2 Å². The highest BCUT2D eigenvalue weighted by Gasteiger charge is 2.18. The highest BCUT2D eigenvalue weighted by Crippen LogP contribution is 2.19. The van der Waals surface area contributed by atoms with Crippen LogP contribution in [-0.4, -0.2) is 30.9 Å². The van der Waals surface area contributed by atoms with Crippen LogP contribution < -0.4 is 5.32 Å². The van der Waals surface area contributed by atoms with Gasteiger partial charge in [0.25, 0.3) is 0 Å². The van der Waals surface area contributed by atoms with E-state index >= 15 is 0 Å². The molecule has 1 N–H and O–H groups in total. The summed E-state index contributed by atoms with van der Waals surface area (Å²) in [6.45, 7) is 6.91. The van der Waals surface area contributed by atoms with Crippen molar-refractivity contribution < 1.29 is 14.3 Å². The minimum absolute atomic E-state index is 0.0198. The molecule has 2 unspecified atom stereocenters. The van der Waals surface area contributed by atoms with Crippen LogP contribution in [0.2, 0.25) is 0 Å². The molecule has 1 amide bonds. The first-order valence-electron chi connectivity index (χ1n) is 8.36. The van der Waals surface area contributed by atoms with Gasteiger partial charge in [0, 0.05) is 12.6 Å². The highest BCUT2D eigenvalue weighted by molar-refractivity contribution is 5.87. The maximum atomic E-state index is 11.5. The molecule has 0 radical (unpaired) electrons. The van der Waals surface area contributed by atoms with Gasteiger partial charge in [-0.2, -0.15) is 0 Å². The molecule has 2 atom stereocenters. The van der Waals surface area contributed by atoms with E-state index in [9.17, 15) is 4.79 Å². The first-order valence-corrected chi connectivity index (χ1v) is 8.36. The number of nitrogens with one attached hydrogen (secondary N) is 1. The van der Waals surface area contributed by atoms with Crippen molar-refractivity contribution in [2.75, 3.05) is 6.61 Å². The van der Waals surface area contributed by atoms with Crippen molar-refractivity contribution in [2.45, 2.75) is 84.2 Å². The Kier molecular flexibility index (Phi) is 9.35. The molecule has 21 heavy (non-hydrogen) atoms. The number of ether oxygens (including phenoxy) is 2. The Hall–Kier alpha value is -0.870. The van der Waals surface area contributed by atoms with Crippen LogP contribution in [0.5, 0.6) is 0 Å². The van der Waals surface area contributed by atoms with Gasteiger partial charge in [-0.15, -0.1) is 0 Å². The molecule has 1 heterocycles. The molecule has 0 aromatic rings. The van der Waals surface area contributed by atoms with E-state index in [1.807, 2.05) is 19.9 Å². The Bertz CT molecular complexity index is 309. The Morgan fingerprint density at radius 2 is 2.19 bits per heavy atom. The lowest BCUT2D eigenvalue weighted by Gasteiger charge is -2.27. The summed E-state index contributed by atoms with van der Waals surface area (Å²) >= 11 is 0. The van der Waals surface area contributed by atoms with Crippen molar-refractivity contribution in [2.24, 2.45) is 0 Å². The van der Waals surface area contributed by atoms with Crippen LogP contribution in [0.4, 0.5) is 0 Å². The predicted molar refractivity (Wildman–Crippen MR) is 85.0 cm³/mol. The van der Waals surface area contributed by atoms with Crippen LogP contribution in [-0.2, 0) is 14.3 Å². The normalized spacial score (nSPS) is 20.9. The summed E-state index contributed by atoms with van der Waals surface area (Å²) in [6.07, 6.45) is 11.1. The molecule has 122 valence electrons. The topological polar surface area (TPSA) is 47.6 Å². The quantitative estimate of drug-likeness (QED) is 0.662. The highest BCUT2D eigenvalue weighted by atomic mass is 16.7. The van der Waals surface area contributed by atoms with Crippen LogP contribution in [0.15, 0.2) is 12.2 Å². The van der Waals surface area contributed by atoms with E-state index in [0.717, 1.165) is 45.1 Å². The Balaban J connectivity index is 2.26. The molecule has 1 fully saturated rings. The van der Waals surface area contributed by atoms with E-state index in [-0.39, 0.29) is 24.3 Å². The van der Waals surface area contributed by atoms with E-state index in [2.05, 4.69) is 12.2 Å². The lowest BCUT2D eigenvalue weighted by Crippen LogP contribution is -2.28. The number of rotatable bonds is 9. The zero-order valence-electron chi connectivity index (χ0n) is 13.8. The average molecular weight is 297 g/mol. The van der Waals surface area contributed by atoms with Gasteiger partial charge in [-0.25, -0.2) is 0 Å².